The van der Waals surface area contributed by atoms with Gasteiger partial charge in [0.25, 0.3) is 0 Å². The molecular formula is C14H18O8. The van der Waals surface area contributed by atoms with Gasteiger partial charge in [-0.2, -0.15) is 0 Å². The smallest absolute Gasteiger partial charge is 0.229 e. The minimum Gasteiger partial charge on any atom is -0.493 e. The summed E-state index contributed by atoms with van der Waals surface area (Å²) in [6, 6.07) is 4.37. The number of carbonyl (C=O) groups is 1. The van der Waals surface area contributed by atoms with E-state index in [1.165, 1.54) is 25.3 Å². The second kappa shape index (κ2) is 7.03. The van der Waals surface area contributed by atoms with E-state index in [2.05, 4.69) is 0 Å². The summed E-state index contributed by atoms with van der Waals surface area (Å²) in [7, 11) is 1.38. The van der Waals surface area contributed by atoms with Gasteiger partial charge in [0.15, 0.2) is 11.5 Å². The average molecular weight is 314 g/mol. The number of hydrogen-bond donors (Lipinski definition) is 4. The van der Waals surface area contributed by atoms with Crippen LogP contribution in [-0.4, -0.2) is 71.1 Å². The maximum Gasteiger partial charge on any atom is 0.229 e. The molecule has 0 aliphatic carbocycles. The lowest BCUT2D eigenvalue weighted by atomic mass is 9.99. The Kier molecular flexibility index (Phi) is 5.33. The molecule has 22 heavy (non-hydrogen) atoms. The summed E-state index contributed by atoms with van der Waals surface area (Å²) >= 11 is 0. The molecule has 0 bridgehead atoms. The van der Waals surface area contributed by atoms with Gasteiger partial charge >= 0.3 is 0 Å². The first kappa shape index (κ1) is 16.7. The summed E-state index contributed by atoms with van der Waals surface area (Å²) in [4.78, 5) is 10.7. The average Bonchev–Trinajstić information content (AvgIpc) is 2.55. The first-order valence-electron chi connectivity index (χ1n) is 6.62. The van der Waals surface area contributed by atoms with Crippen molar-refractivity contribution in [1.82, 2.24) is 0 Å². The number of hydrogen-bond acceptors (Lipinski definition) is 8. The number of aliphatic hydroxyl groups is 4. The fourth-order valence-corrected chi connectivity index (χ4v) is 2.14. The van der Waals surface area contributed by atoms with E-state index in [4.69, 9.17) is 19.3 Å². The van der Waals surface area contributed by atoms with Crippen molar-refractivity contribution in [3.8, 4) is 11.5 Å². The number of aldehydes is 1. The third kappa shape index (κ3) is 3.21. The molecule has 122 valence electrons. The van der Waals surface area contributed by atoms with Gasteiger partial charge in [0.2, 0.25) is 6.29 Å². The molecule has 5 atom stereocenters. The molecule has 1 aliphatic heterocycles. The van der Waals surface area contributed by atoms with Gasteiger partial charge in [-0.25, -0.2) is 0 Å². The van der Waals surface area contributed by atoms with Crippen molar-refractivity contribution < 1.29 is 39.4 Å². The Morgan fingerprint density at radius 3 is 2.50 bits per heavy atom. The summed E-state index contributed by atoms with van der Waals surface area (Å²) < 4.78 is 15.8. The van der Waals surface area contributed by atoms with Crippen LogP contribution in [0.25, 0.3) is 0 Å². The number of benzene rings is 1. The Morgan fingerprint density at radius 2 is 1.91 bits per heavy atom. The number of ether oxygens (including phenoxy) is 3. The van der Waals surface area contributed by atoms with E-state index in [-0.39, 0.29) is 11.5 Å². The molecule has 2 unspecified atom stereocenters. The minimum absolute atomic E-state index is 0.178. The number of methoxy groups -OCH3 is 1. The standard InChI is InChI=1S/C14H18O8/c1-20-9-4-7(5-15)2-3-8(9)21-14-13(19)12(18)11(17)10(6-16)22-14/h2-5,10-14,16-19H,6H2,1H3/t10?,11-,12+,13?,14-/m1/s1. The van der Waals surface area contributed by atoms with Crippen molar-refractivity contribution in [2.75, 3.05) is 13.7 Å². The van der Waals surface area contributed by atoms with Crippen LogP contribution in [0.5, 0.6) is 11.5 Å². The van der Waals surface area contributed by atoms with E-state index in [0.29, 0.717) is 11.8 Å². The van der Waals surface area contributed by atoms with Crippen LogP contribution in [0.2, 0.25) is 0 Å². The molecule has 2 rings (SSSR count). The van der Waals surface area contributed by atoms with Crippen molar-refractivity contribution >= 4 is 6.29 Å². The topological polar surface area (TPSA) is 126 Å². The van der Waals surface area contributed by atoms with Gasteiger partial charge < -0.3 is 34.6 Å². The highest BCUT2D eigenvalue weighted by atomic mass is 16.7. The summed E-state index contributed by atoms with van der Waals surface area (Å²) in [5.74, 6) is 0.416. The predicted molar refractivity (Wildman–Crippen MR) is 72.8 cm³/mol. The molecule has 1 fully saturated rings. The van der Waals surface area contributed by atoms with Crippen molar-refractivity contribution in [3.05, 3.63) is 23.8 Å². The molecule has 1 aliphatic rings. The van der Waals surface area contributed by atoms with Crippen molar-refractivity contribution in [1.29, 1.82) is 0 Å². The summed E-state index contributed by atoms with van der Waals surface area (Å²) in [5, 5.41) is 38.4. The molecule has 8 nitrogen and oxygen atoms in total. The normalized spacial score (nSPS) is 31.6. The van der Waals surface area contributed by atoms with Gasteiger partial charge in [0.1, 0.15) is 30.7 Å². The fraction of sp³-hybridized carbons (Fsp3) is 0.500. The zero-order valence-electron chi connectivity index (χ0n) is 11.8. The Bertz CT molecular complexity index is 518. The van der Waals surface area contributed by atoms with Crippen LogP contribution in [0.15, 0.2) is 18.2 Å². The van der Waals surface area contributed by atoms with E-state index in [1.807, 2.05) is 0 Å². The number of rotatable bonds is 5. The lowest BCUT2D eigenvalue weighted by Crippen LogP contribution is -2.60. The third-order valence-corrected chi connectivity index (χ3v) is 3.42. The molecule has 0 amide bonds. The lowest BCUT2D eigenvalue weighted by molar-refractivity contribution is -0.277. The second-order valence-electron chi connectivity index (χ2n) is 4.84. The van der Waals surface area contributed by atoms with Gasteiger partial charge in [0, 0.05) is 5.56 Å². The molecule has 1 aromatic rings. The van der Waals surface area contributed by atoms with Gasteiger partial charge in [0.05, 0.1) is 13.7 Å². The van der Waals surface area contributed by atoms with Crippen LogP contribution in [0.4, 0.5) is 0 Å². The highest BCUT2D eigenvalue weighted by Crippen LogP contribution is 2.31. The Balaban J connectivity index is 2.20. The van der Waals surface area contributed by atoms with Gasteiger partial charge in [-0.05, 0) is 18.2 Å². The second-order valence-corrected chi connectivity index (χ2v) is 4.84. The minimum atomic E-state index is -1.53. The first-order valence-corrected chi connectivity index (χ1v) is 6.62. The van der Waals surface area contributed by atoms with E-state index in [0.717, 1.165) is 0 Å². The number of carbonyl (C=O) groups excluding carboxylic acids is 1. The van der Waals surface area contributed by atoms with E-state index in [9.17, 15) is 20.1 Å². The first-order chi connectivity index (χ1) is 10.5. The molecular weight excluding hydrogens is 296 g/mol. The van der Waals surface area contributed by atoms with Gasteiger partial charge in [-0.3, -0.25) is 4.79 Å². The third-order valence-electron chi connectivity index (χ3n) is 3.42. The molecule has 0 saturated carbocycles. The Labute approximate surface area is 126 Å². The van der Waals surface area contributed by atoms with E-state index >= 15 is 0 Å². The summed E-state index contributed by atoms with van der Waals surface area (Å²) in [5.41, 5.74) is 0.373. The Hall–Kier alpha value is -1.71. The lowest BCUT2D eigenvalue weighted by Gasteiger charge is -2.39. The summed E-state index contributed by atoms with van der Waals surface area (Å²) in [6.45, 7) is -0.550. The van der Waals surface area contributed by atoms with Gasteiger partial charge in [-0.15, -0.1) is 0 Å². The van der Waals surface area contributed by atoms with Crippen LogP contribution < -0.4 is 9.47 Å². The molecule has 8 heteroatoms. The van der Waals surface area contributed by atoms with Crippen LogP contribution in [0.1, 0.15) is 10.4 Å². The monoisotopic (exact) mass is 314 g/mol. The van der Waals surface area contributed by atoms with E-state index in [1.54, 1.807) is 0 Å². The molecule has 0 aromatic heterocycles. The van der Waals surface area contributed by atoms with Crippen LogP contribution in [0.3, 0.4) is 0 Å². The highest BCUT2D eigenvalue weighted by molar-refractivity contribution is 5.76. The van der Waals surface area contributed by atoms with Crippen molar-refractivity contribution in [2.45, 2.75) is 30.7 Å². The molecule has 1 saturated heterocycles. The molecule has 0 spiro atoms. The van der Waals surface area contributed by atoms with Gasteiger partial charge in [-0.1, -0.05) is 0 Å². The highest BCUT2D eigenvalue weighted by Gasteiger charge is 2.44. The quantitative estimate of drug-likeness (QED) is 0.493. The van der Waals surface area contributed by atoms with E-state index < -0.39 is 37.3 Å². The number of aliphatic hydroxyl groups excluding tert-OH is 4. The predicted octanol–water partition coefficient (Wildman–Crippen LogP) is -1.31. The zero-order valence-corrected chi connectivity index (χ0v) is 11.8. The Morgan fingerprint density at radius 1 is 1.18 bits per heavy atom. The van der Waals surface area contributed by atoms with Crippen molar-refractivity contribution in [2.24, 2.45) is 0 Å². The fourth-order valence-electron chi connectivity index (χ4n) is 2.14. The maximum absolute atomic E-state index is 10.7. The SMILES string of the molecule is COc1cc(C=O)ccc1O[C@@H]1OC(CO)[C@@H](O)[C@H](O)C1O. The molecule has 1 heterocycles. The summed E-state index contributed by atoms with van der Waals surface area (Å²) in [6.07, 6.45) is -6.25. The largest absolute Gasteiger partial charge is 0.493 e. The maximum atomic E-state index is 10.7. The molecule has 1 aromatic carbocycles. The van der Waals surface area contributed by atoms with Crippen LogP contribution in [-0.2, 0) is 4.74 Å². The molecule has 0 radical (unpaired) electrons. The zero-order chi connectivity index (χ0) is 16.3. The van der Waals surface area contributed by atoms with Crippen LogP contribution >= 0.6 is 0 Å². The van der Waals surface area contributed by atoms with Crippen LogP contribution in [0, 0.1) is 0 Å². The van der Waals surface area contributed by atoms with Crippen molar-refractivity contribution in [3.63, 3.8) is 0 Å². The molecule has 4 N–H and O–H groups in total.